The fraction of sp³-hybridized carbons (Fsp3) is 0.238. The predicted octanol–water partition coefficient (Wildman–Crippen LogP) is 6.21. The van der Waals surface area contributed by atoms with Gasteiger partial charge in [0.1, 0.15) is 4.88 Å². The summed E-state index contributed by atoms with van der Waals surface area (Å²) in [6.45, 7) is -0.378. The van der Waals surface area contributed by atoms with Crippen molar-refractivity contribution in [2.75, 3.05) is 6.61 Å². The number of benzene rings is 2. The van der Waals surface area contributed by atoms with E-state index in [0.29, 0.717) is 20.1 Å². The molecule has 1 unspecified atom stereocenters. The molecule has 4 nitrogen and oxygen atoms in total. The summed E-state index contributed by atoms with van der Waals surface area (Å²) < 4.78 is 5.88. The summed E-state index contributed by atoms with van der Waals surface area (Å²) in [4.78, 5) is 25.0. The van der Waals surface area contributed by atoms with Crippen molar-refractivity contribution in [2.24, 2.45) is 0 Å². The number of amides is 1. The minimum atomic E-state index is -0.664. The van der Waals surface area contributed by atoms with E-state index in [2.05, 4.69) is 11.4 Å². The Hall–Kier alpha value is -1.79. The van der Waals surface area contributed by atoms with Crippen molar-refractivity contribution >= 4 is 68.1 Å². The minimum Gasteiger partial charge on any atom is -0.451 e. The standard InChI is InChI=1S/C21H16Cl3NO3S/c22-12-8-14(23)18-16(9-12)29-20(19(18)24)21(27)28-10-17(26)25-15-7-3-5-11-4-1-2-6-13(11)15/h1-2,4,6,8-9,15H,3,5,7,10H2,(H,25,26). The second-order valence-corrected chi connectivity index (χ2v) is 9.07. The Kier molecular flexibility index (Phi) is 6.02. The van der Waals surface area contributed by atoms with Gasteiger partial charge in [-0.15, -0.1) is 11.3 Å². The molecule has 1 aliphatic rings. The van der Waals surface area contributed by atoms with Crippen LogP contribution in [-0.4, -0.2) is 18.5 Å². The van der Waals surface area contributed by atoms with E-state index in [0.717, 1.165) is 36.2 Å². The summed E-state index contributed by atoms with van der Waals surface area (Å²) in [5.74, 6) is -1.01. The maximum absolute atomic E-state index is 12.5. The van der Waals surface area contributed by atoms with Gasteiger partial charge >= 0.3 is 5.97 Å². The number of thiophene rings is 1. The molecule has 0 saturated carbocycles. The molecule has 0 aliphatic heterocycles. The van der Waals surface area contributed by atoms with Crippen molar-refractivity contribution in [2.45, 2.75) is 25.3 Å². The highest BCUT2D eigenvalue weighted by Crippen LogP contribution is 2.41. The number of ether oxygens (including phenoxy) is 1. The third-order valence-corrected chi connectivity index (χ3v) is 7.00. The van der Waals surface area contributed by atoms with Gasteiger partial charge in [-0.05, 0) is 42.5 Å². The van der Waals surface area contributed by atoms with Crippen molar-refractivity contribution in [1.29, 1.82) is 0 Å². The van der Waals surface area contributed by atoms with Crippen LogP contribution in [0.5, 0.6) is 0 Å². The number of fused-ring (bicyclic) bond motifs is 2. The molecule has 29 heavy (non-hydrogen) atoms. The Labute approximate surface area is 186 Å². The molecule has 8 heteroatoms. The Morgan fingerprint density at radius 3 is 2.79 bits per heavy atom. The fourth-order valence-corrected chi connectivity index (χ4v) is 5.84. The van der Waals surface area contributed by atoms with Gasteiger partial charge in [0.2, 0.25) is 0 Å². The Bertz CT molecular complexity index is 1110. The second kappa shape index (κ2) is 8.52. The van der Waals surface area contributed by atoms with Gasteiger partial charge in [0.15, 0.2) is 6.61 Å². The Morgan fingerprint density at radius 1 is 1.17 bits per heavy atom. The highest BCUT2D eigenvalue weighted by atomic mass is 35.5. The van der Waals surface area contributed by atoms with Crippen molar-refractivity contribution < 1.29 is 14.3 Å². The SMILES string of the molecule is O=C(COC(=O)c1sc2cc(Cl)cc(Cl)c2c1Cl)NC1CCCc2ccccc21. The van der Waals surface area contributed by atoms with Gasteiger partial charge in [-0.1, -0.05) is 59.1 Å². The minimum absolute atomic E-state index is 0.0694. The average molecular weight is 469 g/mol. The van der Waals surface area contributed by atoms with Crippen LogP contribution in [0.1, 0.15) is 39.7 Å². The normalized spacial score (nSPS) is 15.8. The van der Waals surface area contributed by atoms with E-state index in [1.165, 1.54) is 5.56 Å². The lowest BCUT2D eigenvalue weighted by Crippen LogP contribution is -2.34. The molecule has 1 aromatic heterocycles. The lowest BCUT2D eigenvalue weighted by atomic mass is 9.88. The van der Waals surface area contributed by atoms with Gasteiger partial charge in [0.05, 0.1) is 16.1 Å². The number of hydrogen-bond donors (Lipinski definition) is 1. The Morgan fingerprint density at radius 2 is 1.97 bits per heavy atom. The molecule has 3 aromatic rings. The molecule has 1 aliphatic carbocycles. The Balaban J connectivity index is 1.43. The molecule has 0 saturated heterocycles. The summed E-state index contributed by atoms with van der Waals surface area (Å²) >= 11 is 19.6. The fourth-order valence-electron chi connectivity index (χ4n) is 3.58. The molecule has 150 valence electrons. The molecule has 0 fully saturated rings. The smallest absolute Gasteiger partial charge is 0.350 e. The molecule has 1 atom stereocenters. The van der Waals surface area contributed by atoms with Crippen LogP contribution in [0, 0.1) is 0 Å². The van der Waals surface area contributed by atoms with Crippen molar-refractivity contribution in [3.63, 3.8) is 0 Å². The van der Waals surface area contributed by atoms with Crippen LogP contribution >= 0.6 is 46.1 Å². The molecule has 2 aromatic carbocycles. The molecule has 0 bridgehead atoms. The maximum Gasteiger partial charge on any atom is 0.350 e. The number of esters is 1. The van der Waals surface area contributed by atoms with Gasteiger partial charge in [-0.25, -0.2) is 4.79 Å². The summed E-state index contributed by atoms with van der Waals surface area (Å²) in [6.07, 6.45) is 2.87. The number of hydrogen-bond acceptors (Lipinski definition) is 4. The van der Waals surface area contributed by atoms with E-state index in [1.807, 2.05) is 18.2 Å². The number of halogens is 3. The van der Waals surface area contributed by atoms with Crippen LogP contribution in [0.15, 0.2) is 36.4 Å². The van der Waals surface area contributed by atoms with Crippen LogP contribution < -0.4 is 5.32 Å². The average Bonchev–Trinajstić information content (AvgIpc) is 3.03. The van der Waals surface area contributed by atoms with Crippen LogP contribution in [0.2, 0.25) is 15.1 Å². The van der Waals surface area contributed by atoms with Gasteiger partial charge in [-0.3, -0.25) is 4.79 Å². The van der Waals surface area contributed by atoms with Crippen molar-refractivity contribution in [1.82, 2.24) is 5.32 Å². The third-order valence-electron chi connectivity index (χ3n) is 4.87. The molecule has 1 N–H and O–H groups in total. The molecule has 1 heterocycles. The van der Waals surface area contributed by atoms with E-state index in [4.69, 9.17) is 39.5 Å². The zero-order chi connectivity index (χ0) is 20.5. The lowest BCUT2D eigenvalue weighted by Gasteiger charge is -2.26. The maximum atomic E-state index is 12.5. The predicted molar refractivity (Wildman–Crippen MR) is 117 cm³/mol. The number of carbonyl (C=O) groups excluding carboxylic acids is 2. The van der Waals surface area contributed by atoms with E-state index in [-0.39, 0.29) is 28.5 Å². The number of rotatable bonds is 4. The summed E-state index contributed by atoms with van der Waals surface area (Å²) in [5, 5.41) is 4.53. The molecular weight excluding hydrogens is 453 g/mol. The zero-order valence-corrected chi connectivity index (χ0v) is 18.2. The monoisotopic (exact) mass is 467 g/mol. The van der Waals surface area contributed by atoms with Crippen LogP contribution in [-0.2, 0) is 16.0 Å². The summed E-state index contributed by atoms with van der Waals surface area (Å²) in [6, 6.07) is 11.2. The van der Waals surface area contributed by atoms with Gasteiger partial charge in [0.25, 0.3) is 5.91 Å². The van der Waals surface area contributed by atoms with Crippen molar-refractivity contribution in [3.8, 4) is 0 Å². The number of carbonyl (C=O) groups is 2. The first-order valence-corrected chi connectivity index (χ1v) is 11.0. The highest BCUT2D eigenvalue weighted by molar-refractivity contribution is 7.21. The molecular formula is C21H16Cl3NO3S. The number of aryl methyl sites for hydroxylation is 1. The number of nitrogens with one attached hydrogen (secondary N) is 1. The topological polar surface area (TPSA) is 55.4 Å². The lowest BCUT2D eigenvalue weighted by molar-refractivity contribution is -0.125. The van der Waals surface area contributed by atoms with Crippen LogP contribution in [0.3, 0.4) is 0 Å². The van der Waals surface area contributed by atoms with E-state index in [1.54, 1.807) is 12.1 Å². The highest BCUT2D eigenvalue weighted by Gasteiger charge is 2.24. The largest absolute Gasteiger partial charge is 0.451 e. The van der Waals surface area contributed by atoms with E-state index < -0.39 is 5.97 Å². The first kappa shape index (κ1) is 20.5. The molecule has 0 spiro atoms. The first-order valence-electron chi connectivity index (χ1n) is 9.05. The van der Waals surface area contributed by atoms with Crippen LogP contribution in [0.25, 0.3) is 10.1 Å². The molecule has 4 rings (SSSR count). The summed E-state index contributed by atoms with van der Waals surface area (Å²) in [7, 11) is 0. The van der Waals surface area contributed by atoms with Crippen LogP contribution in [0.4, 0.5) is 0 Å². The van der Waals surface area contributed by atoms with Gasteiger partial charge in [0, 0.05) is 15.1 Å². The second-order valence-electron chi connectivity index (χ2n) is 6.79. The van der Waals surface area contributed by atoms with Gasteiger partial charge < -0.3 is 10.1 Å². The first-order chi connectivity index (χ1) is 13.9. The molecule has 0 radical (unpaired) electrons. The van der Waals surface area contributed by atoms with Crippen molar-refractivity contribution in [3.05, 3.63) is 67.5 Å². The summed E-state index contributed by atoms with van der Waals surface area (Å²) in [5.41, 5.74) is 2.37. The van der Waals surface area contributed by atoms with Gasteiger partial charge in [-0.2, -0.15) is 0 Å². The zero-order valence-electron chi connectivity index (χ0n) is 15.1. The van der Waals surface area contributed by atoms with E-state index >= 15 is 0 Å². The third kappa shape index (κ3) is 4.24. The van der Waals surface area contributed by atoms with E-state index in [9.17, 15) is 9.59 Å². The quantitative estimate of drug-likeness (QED) is 0.463. The molecule has 1 amide bonds.